The lowest BCUT2D eigenvalue weighted by Gasteiger charge is -2.15. The largest absolute Gasteiger partial charge is 0.379 e. The number of ether oxygens (including phenoxy) is 1. The molecular weight excluding hydrogens is 306 g/mol. The third-order valence-corrected chi connectivity index (χ3v) is 4.44. The fraction of sp³-hybridized carbons (Fsp3) is 0.375. The Balaban J connectivity index is 1.52. The van der Waals surface area contributed by atoms with E-state index < -0.39 is 0 Å². The number of likely N-dealkylation sites (tertiary alicyclic amines) is 1. The lowest BCUT2D eigenvalue weighted by atomic mass is 10.0. The molecule has 0 amide bonds. The molecule has 1 saturated heterocycles. The molecule has 3 aromatic rings. The predicted molar refractivity (Wildman–Crippen MR) is 86.6 cm³/mol. The first-order valence-corrected chi connectivity index (χ1v) is 7.90. The monoisotopic (exact) mass is 325 g/mol. The van der Waals surface area contributed by atoms with Gasteiger partial charge in [-0.3, -0.25) is 4.90 Å². The summed E-state index contributed by atoms with van der Waals surface area (Å²) in [6.07, 6.45) is 3.47. The normalized spacial score (nSPS) is 21.4. The van der Waals surface area contributed by atoms with Crippen LogP contribution >= 0.6 is 0 Å². The summed E-state index contributed by atoms with van der Waals surface area (Å²) in [5.41, 5.74) is 1.95. The molecule has 0 bridgehead atoms. The molecule has 24 heavy (non-hydrogen) atoms. The zero-order valence-corrected chi connectivity index (χ0v) is 13.4. The van der Waals surface area contributed by atoms with Gasteiger partial charge in [0, 0.05) is 26.1 Å². The zero-order valence-electron chi connectivity index (χ0n) is 13.4. The number of aromatic nitrogens is 6. The Morgan fingerprint density at radius 3 is 2.88 bits per heavy atom. The second-order valence-corrected chi connectivity index (χ2v) is 5.89. The smallest absolute Gasteiger partial charge is 0.146 e. The van der Waals surface area contributed by atoms with Crippen molar-refractivity contribution in [2.24, 2.45) is 0 Å². The average molecular weight is 325 g/mol. The van der Waals surface area contributed by atoms with Crippen molar-refractivity contribution in [2.45, 2.75) is 18.6 Å². The highest BCUT2D eigenvalue weighted by Gasteiger charge is 2.36. The average Bonchev–Trinajstić information content (AvgIpc) is 3.36. The molecule has 0 saturated carbocycles. The van der Waals surface area contributed by atoms with Crippen LogP contribution in [0.5, 0.6) is 0 Å². The Morgan fingerprint density at radius 1 is 1.25 bits per heavy atom. The highest BCUT2D eigenvalue weighted by molar-refractivity contribution is 5.30. The van der Waals surface area contributed by atoms with Gasteiger partial charge in [-0.1, -0.05) is 18.2 Å². The summed E-state index contributed by atoms with van der Waals surface area (Å²) >= 11 is 0. The number of nitrogens with zero attached hydrogens (tertiary/aromatic N) is 6. The Kier molecular flexibility index (Phi) is 4.06. The Hall–Kier alpha value is -2.58. The van der Waals surface area contributed by atoms with E-state index in [0.29, 0.717) is 6.54 Å². The topological polar surface area (TPSA) is 84.8 Å². The second kappa shape index (κ2) is 6.50. The van der Waals surface area contributed by atoms with Gasteiger partial charge in [-0.15, -0.1) is 0 Å². The molecule has 0 spiro atoms. The summed E-state index contributed by atoms with van der Waals surface area (Å²) < 4.78 is 7.53. The first-order chi connectivity index (χ1) is 11.8. The molecule has 0 radical (unpaired) electrons. The van der Waals surface area contributed by atoms with E-state index in [1.165, 1.54) is 0 Å². The van der Waals surface area contributed by atoms with Crippen LogP contribution in [0.4, 0.5) is 0 Å². The summed E-state index contributed by atoms with van der Waals surface area (Å²) in [6, 6.07) is 10.0. The van der Waals surface area contributed by atoms with E-state index in [1.807, 2.05) is 35.0 Å². The molecule has 8 heteroatoms. The van der Waals surface area contributed by atoms with E-state index in [9.17, 15) is 0 Å². The van der Waals surface area contributed by atoms with Gasteiger partial charge >= 0.3 is 0 Å². The summed E-state index contributed by atoms with van der Waals surface area (Å²) in [6.45, 7) is 2.39. The van der Waals surface area contributed by atoms with Gasteiger partial charge in [0.2, 0.25) is 0 Å². The van der Waals surface area contributed by atoms with Crippen molar-refractivity contribution in [3.63, 3.8) is 0 Å². The predicted octanol–water partition coefficient (Wildman–Crippen LogP) is 1.000. The molecule has 1 N–H and O–H groups in total. The van der Waals surface area contributed by atoms with Crippen molar-refractivity contribution in [3.8, 4) is 5.69 Å². The van der Waals surface area contributed by atoms with Crippen LogP contribution in [0.15, 0.2) is 42.9 Å². The van der Waals surface area contributed by atoms with Gasteiger partial charge in [0.1, 0.15) is 12.2 Å². The van der Waals surface area contributed by atoms with Gasteiger partial charge in [0.15, 0.2) is 0 Å². The third kappa shape index (κ3) is 2.81. The second-order valence-electron chi connectivity index (χ2n) is 5.89. The van der Waals surface area contributed by atoms with Crippen LogP contribution in [0.25, 0.3) is 5.69 Å². The summed E-state index contributed by atoms with van der Waals surface area (Å²) in [4.78, 5) is 6.75. The minimum atomic E-state index is 0.100. The third-order valence-electron chi connectivity index (χ3n) is 4.44. The van der Waals surface area contributed by atoms with Crippen molar-refractivity contribution < 1.29 is 4.74 Å². The molecule has 1 fully saturated rings. The highest BCUT2D eigenvalue weighted by Crippen LogP contribution is 2.28. The van der Waals surface area contributed by atoms with E-state index in [-0.39, 0.29) is 12.0 Å². The maximum absolute atomic E-state index is 5.65. The van der Waals surface area contributed by atoms with Crippen LogP contribution in [0.1, 0.15) is 17.4 Å². The fourth-order valence-corrected chi connectivity index (χ4v) is 3.25. The van der Waals surface area contributed by atoms with E-state index in [2.05, 4.69) is 30.4 Å². The fourth-order valence-electron chi connectivity index (χ4n) is 3.25. The summed E-state index contributed by atoms with van der Waals surface area (Å²) in [7, 11) is 1.74. The Bertz CT molecular complexity index is 771. The van der Waals surface area contributed by atoms with E-state index in [0.717, 1.165) is 30.3 Å². The van der Waals surface area contributed by atoms with Crippen LogP contribution in [0.2, 0.25) is 0 Å². The maximum atomic E-state index is 5.65. The molecule has 1 aliphatic heterocycles. The van der Waals surface area contributed by atoms with Crippen LogP contribution in [0.3, 0.4) is 0 Å². The number of rotatable bonds is 5. The number of H-pyrrole nitrogens is 1. The number of aromatic amines is 1. The van der Waals surface area contributed by atoms with Gasteiger partial charge in [0.25, 0.3) is 0 Å². The minimum absolute atomic E-state index is 0.100. The number of hydrogen-bond acceptors (Lipinski definition) is 6. The molecule has 2 atom stereocenters. The van der Waals surface area contributed by atoms with Gasteiger partial charge in [-0.05, 0) is 12.1 Å². The van der Waals surface area contributed by atoms with Gasteiger partial charge in [-0.25, -0.2) is 9.67 Å². The van der Waals surface area contributed by atoms with Crippen LogP contribution in [0, 0.1) is 0 Å². The number of methoxy groups -OCH3 is 1. The SMILES string of the molecule is CO[C@@H]1CN(Cc2ncnn2-c2ccccc2)C[C@H]1c1cn[nH]n1. The molecule has 124 valence electrons. The molecule has 1 aliphatic rings. The van der Waals surface area contributed by atoms with Crippen molar-refractivity contribution in [3.05, 3.63) is 54.4 Å². The van der Waals surface area contributed by atoms with Crippen LogP contribution in [-0.4, -0.2) is 61.4 Å². The van der Waals surface area contributed by atoms with Crippen LogP contribution < -0.4 is 0 Å². The summed E-state index contributed by atoms with van der Waals surface area (Å²) in [5.74, 6) is 1.12. The first-order valence-electron chi connectivity index (χ1n) is 7.90. The molecule has 0 aliphatic carbocycles. The first kappa shape index (κ1) is 15.0. The van der Waals surface area contributed by atoms with Gasteiger partial charge < -0.3 is 4.74 Å². The van der Waals surface area contributed by atoms with E-state index in [1.54, 1.807) is 19.6 Å². The standard InChI is InChI=1S/C16H19N7O/c1-24-15-9-22(8-13(15)14-7-18-21-20-14)10-16-17-11-19-23(16)12-5-3-2-4-6-12/h2-7,11,13,15H,8-10H2,1H3,(H,18,20,21)/t13-,15+/m0/s1. The zero-order chi connectivity index (χ0) is 16.4. The quantitative estimate of drug-likeness (QED) is 0.753. The summed E-state index contributed by atoms with van der Waals surface area (Å²) in [5, 5.41) is 15.2. The van der Waals surface area contributed by atoms with Crippen molar-refractivity contribution in [1.82, 2.24) is 35.1 Å². The van der Waals surface area contributed by atoms with Crippen molar-refractivity contribution >= 4 is 0 Å². The van der Waals surface area contributed by atoms with Crippen molar-refractivity contribution in [2.75, 3.05) is 20.2 Å². The number of hydrogen-bond donors (Lipinski definition) is 1. The molecule has 2 aromatic heterocycles. The Labute approximate surface area is 139 Å². The maximum Gasteiger partial charge on any atom is 0.146 e. The molecule has 4 rings (SSSR count). The minimum Gasteiger partial charge on any atom is -0.379 e. The number of nitrogens with one attached hydrogen (secondary N) is 1. The molecule has 0 unspecified atom stereocenters. The van der Waals surface area contributed by atoms with Crippen molar-refractivity contribution in [1.29, 1.82) is 0 Å². The number of para-hydroxylation sites is 1. The molecular formula is C16H19N7O. The Morgan fingerprint density at radius 2 is 2.12 bits per heavy atom. The lowest BCUT2D eigenvalue weighted by molar-refractivity contribution is 0.0954. The van der Waals surface area contributed by atoms with Crippen LogP contribution in [-0.2, 0) is 11.3 Å². The molecule has 8 nitrogen and oxygen atoms in total. The van der Waals surface area contributed by atoms with Gasteiger partial charge in [-0.2, -0.15) is 20.5 Å². The van der Waals surface area contributed by atoms with E-state index in [4.69, 9.17) is 4.74 Å². The molecule has 3 heterocycles. The number of benzene rings is 1. The lowest BCUT2D eigenvalue weighted by Crippen LogP contribution is -2.24. The highest BCUT2D eigenvalue weighted by atomic mass is 16.5. The van der Waals surface area contributed by atoms with E-state index >= 15 is 0 Å². The van der Waals surface area contributed by atoms with Gasteiger partial charge in [0.05, 0.1) is 30.2 Å². The molecule has 1 aromatic carbocycles.